The maximum atomic E-state index is 13.5. The lowest BCUT2D eigenvalue weighted by Gasteiger charge is -2.21. The van der Waals surface area contributed by atoms with E-state index in [1.807, 2.05) is 24.3 Å². The highest BCUT2D eigenvalue weighted by atomic mass is 16.4. The summed E-state index contributed by atoms with van der Waals surface area (Å²) in [7, 11) is 0. The highest BCUT2D eigenvalue weighted by Gasteiger charge is 2.29. The molecule has 0 fully saturated rings. The van der Waals surface area contributed by atoms with Crippen molar-refractivity contribution in [3.63, 3.8) is 0 Å². The molecule has 0 aliphatic carbocycles. The summed E-state index contributed by atoms with van der Waals surface area (Å²) in [5, 5.41) is 23.4. The second-order valence-electron chi connectivity index (χ2n) is 19.4. The summed E-state index contributed by atoms with van der Waals surface area (Å²) in [4.78, 5) is 92.6. The molecule has 395 valence electrons. The van der Waals surface area contributed by atoms with Gasteiger partial charge in [0.15, 0.2) is 0 Å². The van der Waals surface area contributed by atoms with E-state index in [4.69, 9.17) is 5.73 Å². The van der Waals surface area contributed by atoms with Crippen LogP contribution in [0.1, 0.15) is 225 Å². The lowest BCUT2D eigenvalue weighted by molar-refractivity contribution is -0.141. The zero-order valence-corrected chi connectivity index (χ0v) is 43.2. The fourth-order valence-electron chi connectivity index (χ4n) is 8.85. The van der Waals surface area contributed by atoms with Crippen LogP contribution in [0.4, 0.5) is 0 Å². The van der Waals surface area contributed by atoms with Gasteiger partial charge in [0.1, 0.15) is 18.1 Å². The number of fused-ring (bicyclic) bond motifs is 1. The van der Waals surface area contributed by atoms with Gasteiger partial charge in [-0.3, -0.25) is 39.3 Å². The predicted octanol–water partition coefficient (Wildman–Crippen LogP) is 9.81. The molecule has 0 unspecified atom stereocenters. The van der Waals surface area contributed by atoms with Crippen LogP contribution in [0.15, 0.2) is 30.5 Å². The Labute approximate surface area is 419 Å². The van der Waals surface area contributed by atoms with E-state index in [2.05, 4.69) is 45.4 Å². The van der Waals surface area contributed by atoms with E-state index in [0.29, 0.717) is 37.8 Å². The topological polar surface area (TPSA) is 239 Å². The standard InChI is InChI=1S/C55H92N7O8/c1-3-5-7-9-11-13-15-17-19-21-23-25-27-36-49(63)57-38-32-31-35-46(60-50(64)37-28-26-24-22-20-18-16-14-12-10-8-6-4-2)54(69)59-42-51(65)61-48(40-52(66)67)55(70)62-47(53(56)68)39-43-41-58-45-34-30-29-33-44(43)45/h29-30,33-34,41,46-48,56,58H,3-28,31-32,35-40,42H2,1-2H3,(H,57,63)(H,59,69)(H,60,64)(H,61,65)(H,62,70)(H,66,67)/t46-,47-,48-/m0/s1. The zero-order chi connectivity index (χ0) is 51.0. The highest BCUT2D eigenvalue weighted by molar-refractivity contribution is 5.95. The Morgan fingerprint density at radius 1 is 0.529 bits per heavy atom. The van der Waals surface area contributed by atoms with E-state index >= 15 is 0 Å². The number of nitrogens with one attached hydrogen (secondary N) is 7. The van der Waals surface area contributed by atoms with E-state index in [9.17, 15) is 38.7 Å². The molecule has 0 aliphatic heterocycles. The first-order chi connectivity index (χ1) is 33.9. The molecule has 2 aromatic rings. The number of hydrogen-bond acceptors (Lipinski definition) is 7. The summed E-state index contributed by atoms with van der Waals surface area (Å²) >= 11 is 0. The fraction of sp³-hybridized carbons (Fsp3) is 0.727. The second-order valence-corrected chi connectivity index (χ2v) is 19.4. The van der Waals surface area contributed by atoms with Crippen molar-refractivity contribution >= 4 is 52.3 Å². The van der Waals surface area contributed by atoms with Crippen LogP contribution >= 0.6 is 0 Å². The third-order valence-electron chi connectivity index (χ3n) is 13.1. The van der Waals surface area contributed by atoms with Gasteiger partial charge in [-0.25, -0.2) is 0 Å². The van der Waals surface area contributed by atoms with Crippen molar-refractivity contribution in [2.75, 3.05) is 13.1 Å². The molecule has 8 N–H and O–H groups in total. The SMILES string of the molecule is CCCCCCCCCCCCCCCC(=O)NCCCC[C@H](NC(=O)CCCCCCCCCCCCCCC)C(=O)NCC(=O)N[C@@H](CC(=O)O)C(=O)N[C@@H](Cc1c[nH]c2ccccc12)C([NH])=O. The molecule has 3 atom stereocenters. The number of hydrogen-bond donors (Lipinski definition) is 7. The van der Waals surface area contributed by atoms with Gasteiger partial charge in [-0.1, -0.05) is 186 Å². The van der Waals surface area contributed by atoms with Crippen molar-refractivity contribution in [3.05, 3.63) is 36.0 Å². The van der Waals surface area contributed by atoms with Gasteiger partial charge in [-0.05, 0) is 43.7 Å². The van der Waals surface area contributed by atoms with E-state index in [-0.39, 0.29) is 31.1 Å². The molecule has 0 spiro atoms. The zero-order valence-electron chi connectivity index (χ0n) is 43.2. The number of aromatic amines is 1. The van der Waals surface area contributed by atoms with Gasteiger partial charge in [-0.2, -0.15) is 0 Å². The van der Waals surface area contributed by atoms with Gasteiger partial charge in [0.05, 0.1) is 13.0 Å². The van der Waals surface area contributed by atoms with Crippen LogP contribution < -0.4 is 32.3 Å². The molecule has 0 saturated heterocycles. The Balaban J connectivity index is 1.84. The molecule has 1 radical (unpaired) electrons. The lowest BCUT2D eigenvalue weighted by Crippen LogP contribution is -2.55. The Kier molecular flexibility index (Phi) is 34.7. The van der Waals surface area contributed by atoms with Gasteiger partial charge >= 0.3 is 5.97 Å². The average Bonchev–Trinajstić information content (AvgIpc) is 3.75. The van der Waals surface area contributed by atoms with Gasteiger partial charge in [-0.15, -0.1) is 0 Å². The lowest BCUT2D eigenvalue weighted by atomic mass is 10.0. The van der Waals surface area contributed by atoms with Crippen LogP contribution in [-0.4, -0.2) is 82.7 Å². The number of aliphatic carboxylic acids is 1. The van der Waals surface area contributed by atoms with Crippen LogP contribution in [0, 0.1) is 0 Å². The molecule has 1 heterocycles. The minimum absolute atomic E-state index is 0.000431. The van der Waals surface area contributed by atoms with Gasteiger partial charge in [0.25, 0.3) is 5.91 Å². The minimum Gasteiger partial charge on any atom is -0.481 e. The minimum atomic E-state index is -1.61. The van der Waals surface area contributed by atoms with Crippen molar-refractivity contribution < 1.29 is 38.7 Å². The first-order valence-corrected chi connectivity index (χ1v) is 27.4. The van der Waals surface area contributed by atoms with Gasteiger partial charge in [0.2, 0.25) is 29.5 Å². The van der Waals surface area contributed by atoms with E-state index in [1.165, 1.54) is 122 Å². The third kappa shape index (κ3) is 29.9. The predicted molar refractivity (Wildman–Crippen MR) is 279 cm³/mol. The molecular weight excluding hydrogens is 887 g/mol. The molecular formula is C55H92N7O8. The molecule has 15 heteroatoms. The molecule has 0 saturated carbocycles. The first kappa shape index (κ1) is 61.2. The molecule has 1 aromatic carbocycles. The number of H-pyrrole nitrogens is 1. The maximum Gasteiger partial charge on any atom is 0.305 e. The molecule has 0 bridgehead atoms. The number of rotatable bonds is 45. The third-order valence-corrected chi connectivity index (χ3v) is 13.1. The summed E-state index contributed by atoms with van der Waals surface area (Å²) in [5.41, 5.74) is 9.24. The monoisotopic (exact) mass is 979 g/mol. The normalized spacial score (nSPS) is 12.5. The van der Waals surface area contributed by atoms with Crippen LogP contribution in [0.25, 0.3) is 10.9 Å². The number of unbranched alkanes of at least 4 members (excludes halogenated alkanes) is 25. The van der Waals surface area contributed by atoms with Crippen LogP contribution in [0.5, 0.6) is 0 Å². The van der Waals surface area contributed by atoms with E-state index in [1.54, 1.807) is 6.20 Å². The largest absolute Gasteiger partial charge is 0.481 e. The summed E-state index contributed by atoms with van der Waals surface area (Å²) < 4.78 is 0. The Morgan fingerprint density at radius 2 is 1.01 bits per heavy atom. The smallest absolute Gasteiger partial charge is 0.305 e. The van der Waals surface area contributed by atoms with E-state index < -0.39 is 60.7 Å². The van der Waals surface area contributed by atoms with E-state index in [0.717, 1.165) is 49.4 Å². The van der Waals surface area contributed by atoms with Gasteiger partial charge < -0.3 is 36.7 Å². The van der Waals surface area contributed by atoms with Crippen molar-refractivity contribution in [2.24, 2.45) is 0 Å². The number of aromatic nitrogens is 1. The number of benzene rings is 1. The van der Waals surface area contributed by atoms with Gasteiger partial charge in [0, 0.05) is 42.9 Å². The number of para-hydroxylation sites is 1. The molecule has 15 nitrogen and oxygen atoms in total. The van der Waals surface area contributed by atoms with Crippen LogP contribution in [0.2, 0.25) is 0 Å². The van der Waals surface area contributed by atoms with Crippen LogP contribution in [0.3, 0.4) is 0 Å². The molecule has 2 rings (SSSR count). The number of amides is 6. The summed E-state index contributed by atoms with van der Waals surface area (Å²) in [6, 6.07) is 3.43. The number of carboxylic acid groups (broad SMARTS) is 1. The fourth-order valence-corrected chi connectivity index (χ4v) is 8.85. The Hall–Kier alpha value is -4.95. The second kappa shape index (κ2) is 39.7. The number of carboxylic acids is 1. The van der Waals surface area contributed by atoms with Crippen molar-refractivity contribution in [1.82, 2.24) is 37.3 Å². The van der Waals surface area contributed by atoms with Crippen molar-refractivity contribution in [2.45, 2.75) is 244 Å². The Morgan fingerprint density at radius 3 is 1.53 bits per heavy atom. The summed E-state index contributed by atoms with van der Waals surface area (Å²) in [5.74, 6) is -5.20. The highest BCUT2D eigenvalue weighted by Crippen LogP contribution is 2.20. The molecule has 0 aliphatic rings. The first-order valence-electron chi connectivity index (χ1n) is 27.4. The van der Waals surface area contributed by atoms with Crippen molar-refractivity contribution in [3.8, 4) is 0 Å². The number of carbonyl (C=O) groups excluding carboxylic acids is 6. The van der Waals surface area contributed by atoms with Crippen LogP contribution in [-0.2, 0) is 40.0 Å². The Bertz CT molecular complexity index is 1780. The quantitative estimate of drug-likeness (QED) is 0.0315. The summed E-state index contributed by atoms with van der Waals surface area (Å²) in [6.07, 6.45) is 34.3. The van der Waals surface area contributed by atoms with Crippen molar-refractivity contribution in [1.29, 1.82) is 0 Å². The molecule has 70 heavy (non-hydrogen) atoms. The number of carbonyl (C=O) groups is 7. The summed E-state index contributed by atoms with van der Waals surface area (Å²) in [6.45, 7) is 4.30. The maximum absolute atomic E-state index is 13.5. The molecule has 1 aromatic heterocycles. The molecule has 6 amide bonds. The average molecular weight is 979 g/mol.